The molecule has 0 aliphatic rings. The van der Waals surface area contributed by atoms with Crippen LogP contribution in [0.3, 0.4) is 0 Å². The zero-order chi connectivity index (χ0) is 17.9. The van der Waals surface area contributed by atoms with Gasteiger partial charge in [-0.15, -0.1) is 0 Å². The predicted octanol–water partition coefficient (Wildman–Crippen LogP) is 3.31. The van der Waals surface area contributed by atoms with Crippen molar-refractivity contribution in [3.8, 4) is 0 Å². The number of rotatable bonds is 5. The molecular formula is C15H17F3N4OS. The number of H-pyrrole nitrogens is 1. The molecule has 0 unspecified atom stereocenters. The topological polar surface area (TPSA) is 62.7 Å². The first kappa shape index (κ1) is 18.2. The summed E-state index contributed by atoms with van der Waals surface area (Å²) in [6.45, 7) is 1.89. The maximum atomic E-state index is 12.8. The highest BCUT2D eigenvalue weighted by Crippen LogP contribution is 2.31. The number of alkyl halides is 3. The number of hydrogen-bond acceptors (Lipinski definition) is 3. The quantitative estimate of drug-likeness (QED) is 0.806. The first-order valence-corrected chi connectivity index (χ1v) is 7.70. The second kappa shape index (κ2) is 7.16. The third-order valence-corrected chi connectivity index (χ3v) is 4.10. The highest BCUT2D eigenvalue weighted by molar-refractivity contribution is 7.71. The first-order chi connectivity index (χ1) is 11.2. The van der Waals surface area contributed by atoms with Crippen molar-refractivity contribution >= 4 is 18.1 Å². The molecule has 1 heterocycles. The number of carbonyl (C=O) groups excluding carboxylic acids is 1. The molecule has 0 aliphatic carbocycles. The van der Waals surface area contributed by atoms with E-state index in [4.69, 9.17) is 12.2 Å². The first-order valence-electron chi connectivity index (χ1n) is 7.29. The number of aromatic amines is 1. The summed E-state index contributed by atoms with van der Waals surface area (Å²) in [6.07, 6.45) is -4.06. The van der Waals surface area contributed by atoms with E-state index in [-0.39, 0.29) is 12.5 Å². The largest absolute Gasteiger partial charge is 0.416 e. The minimum absolute atomic E-state index is 0.137. The van der Waals surface area contributed by atoms with Crippen LogP contribution in [0.1, 0.15) is 36.2 Å². The molecule has 0 fully saturated rings. The molecule has 2 rings (SSSR count). The molecule has 0 saturated heterocycles. The minimum Gasteiger partial charge on any atom is -0.348 e. The van der Waals surface area contributed by atoms with E-state index in [0.29, 0.717) is 22.6 Å². The summed E-state index contributed by atoms with van der Waals surface area (Å²) in [5.74, 6) is -0.488. The summed E-state index contributed by atoms with van der Waals surface area (Å²) in [7, 11) is 1.71. The Morgan fingerprint density at radius 1 is 1.46 bits per heavy atom. The molecular weight excluding hydrogens is 341 g/mol. The Morgan fingerprint density at radius 2 is 2.17 bits per heavy atom. The summed E-state index contributed by atoms with van der Waals surface area (Å²) in [6, 6.07) is 4.84. The lowest BCUT2D eigenvalue weighted by molar-refractivity contribution is -0.137. The summed E-state index contributed by atoms with van der Waals surface area (Å²) < 4.78 is 40.5. The van der Waals surface area contributed by atoms with E-state index < -0.39 is 17.7 Å². The van der Waals surface area contributed by atoms with Crippen LogP contribution in [0.2, 0.25) is 0 Å². The molecule has 1 amide bonds. The molecule has 9 heteroatoms. The van der Waals surface area contributed by atoms with Crippen molar-refractivity contribution < 1.29 is 18.0 Å². The van der Waals surface area contributed by atoms with Gasteiger partial charge >= 0.3 is 6.18 Å². The van der Waals surface area contributed by atoms with E-state index in [9.17, 15) is 18.0 Å². The minimum atomic E-state index is -4.44. The summed E-state index contributed by atoms with van der Waals surface area (Å²) in [5, 5.41) is 9.26. The summed E-state index contributed by atoms with van der Waals surface area (Å²) >= 11 is 4.98. The van der Waals surface area contributed by atoms with Gasteiger partial charge in [-0.3, -0.25) is 9.89 Å². The van der Waals surface area contributed by atoms with Crippen molar-refractivity contribution in [2.24, 2.45) is 7.05 Å². The van der Waals surface area contributed by atoms with Crippen molar-refractivity contribution in [1.29, 1.82) is 0 Å². The summed E-state index contributed by atoms with van der Waals surface area (Å²) in [5.41, 5.74) is -0.430. The number of amides is 1. The fourth-order valence-corrected chi connectivity index (χ4v) is 2.48. The van der Waals surface area contributed by atoms with Crippen LogP contribution >= 0.6 is 12.2 Å². The van der Waals surface area contributed by atoms with Gasteiger partial charge in [-0.2, -0.15) is 18.3 Å². The van der Waals surface area contributed by atoms with Crippen LogP contribution in [0.25, 0.3) is 0 Å². The van der Waals surface area contributed by atoms with Gasteiger partial charge in [0.1, 0.15) is 0 Å². The highest BCUT2D eigenvalue weighted by Gasteiger charge is 2.31. The van der Waals surface area contributed by atoms with Crippen LogP contribution in [0.4, 0.5) is 13.2 Å². The molecule has 0 bridgehead atoms. The van der Waals surface area contributed by atoms with E-state index >= 15 is 0 Å². The van der Waals surface area contributed by atoms with Gasteiger partial charge in [0, 0.05) is 7.05 Å². The molecule has 130 valence electrons. The lowest BCUT2D eigenvalue weighted by atomic mass is 9.94. The standard InChI is InChI=1S/C15H17F3N4OS/c1-3-11(9-5-4-6-10(7-9)15(16,17)18)13(23)19-8-12-20-21-14(24)22(12)2/h4-7,11H,3,8H2,1-2H3,(H,19,23)(H,21,24)/t11-/m0/s1. The Labute approximate surface area is 141 Å². The van der Waals surface area contributed by atoms with Gasteiger partial charge in [0.15, 0.2) is 10.6 Å². The van der Waals surface area contributed by atoms with Gasteiger partial charge < -0.3 is 9.88 Å². The van der Waals surface area contributed by atoms with Gasteiger partial charge in [-0.1, -0.05) is 25.1 Å². The van der Waals surface area contributed by atoms with Crippen LogP contribution < -0.4 is 5.32 Å². The van der Waals surface area contributed by atoms with Crippen LogP contribution in [0.15, 0.2) is 24.3 Å². The van der Waals surface area contributed by atoms with Crippen LogP contribution in [0.5, 0.6) is 0 Å². The molecule has 24 heavy (non-hydrogen) atoms. The molecule has 0 radical (unpaired) electrons. The Morgan fingerprint density at radius 3 is 2.71 bits per heavy atom. The van der Waals surface area contributed by atoms with E-state index in [1.807, 2.05) is 0 Å². The second-order valence-electron chi connectivity index (χ2n) is 5.31. The lowest BCUT2D eigenvalue weighted by Gasteiger charge is -2.17. The number of carbonyl (C=O) groups is 1. The van der Waals surface area contributed by atoms with Gasteiger partial charge in [-0.25, -0.2) is 0 Å². The van der Waals surface area contributed by atoms with Crippen LogP contribution in [-0.4, -0.2) is 20.7 Å². The maximum Gasteiger partial charge on any atom is 0.416 e. The second-order valence-corrected chi connectivity index (χ2v) is 5.69. The SMILES string of the molecule is CC[C@H](C(=O)NCc1n[nH]c(=S)n1C)c1cccc(C(F)(F)F)c1. The zero-order valence-corrected chi connectivity index (χ0v) is 14.0. The average Bonchev–Trinajstić information content (AvgIpc) is 2.85. The molecule has 2 aromatic rings. The monoisotopic (exact) mass is 358 g/mol. The summed E-state index contributed by atoms with van der Waals surface area (Å²) in [4.78, 5) is 12.4. The Kier molecular flexibility index (Phi) is 5.43. The van der Waals surface area contributed by atoms with E-state index in [2.05, 4.69) is 15.5 Å². The number of halogens is 3. The van der Waals surface area contributed by atoms with E-state index in [1.54, 1.807) is 18.5 Å². The van der Waals surface area contributed by atoms with E-state index in [0.717, 1.165) is 12.1 Å². The van der Waals surface area contributed by atoms with Crippen molar-refractivity contribution in [2.45, 2.75) is 32.0 Å². The molecule has 1 atom stereocenters. The van der Waals surface area contributed by atoms with Gasteiger partial charge in [0.2, 0.25) is 5.91 Å². The maximum absolute atomic E-state index is 12.8. The molecule has 0 aliphatic heterocycles. The number of hydrogen-bond donors (Lipinski definition) is 2. The average molecular weight is 358 g/mol. The Hall–Kier alpha value is -2.16. The third-order valence-electron chi connectivity index (χ3n) is 3.73. The normalized spacial score (nSPS) is 12.9. The molecule has 5 nitrogen and oxygen atoms in total. The van der Waals surface area contributed by atoms with E-state index in [1.165, 1.54) is 12.1 Å². The van der Waals surface area contributed by atoms with Crippen molar-refractivity contribution in [2.75, 3.05) is 0 Å². The molecule has 2 N–H and O–H groups in total. The smallest absolute Gasteiger partial charge is 0.348 e. The van der Waals surface area contributed by atoms with Crippen molar-refractivity contribution in [3.05, 3.63) is 46.0 Å². The third kappa shape index (κ3) is 4.02. The Bertz CT molecular complexity index is 782. The zero-order valence-electron chi connectivity index (χ0n) is 13.1. The van der Waals surface area contributed by atoms with Crippen molar-refractivity contribution in [3.63, 3.8) is 0 Å². The van der Waals surface area contributed by atoms with Crippen LogP contribution in [0, 0.1) is 4.77 Å². The Balaban J connectivity index is 2.14. The number of nitrogens with one attached hydrogen (secondary N) is 2. The fraction of sp³-hybridized carbons (Fsp3) is 0.400. The molecule has 0 saturated carbocycles. The molecule has 1 aromatic carbocycles. The van der Waals surface area contributed by atoms with Gasteiger partial charge in [-0.05, 0) is 30.3 Å². The molecule has 1 aromatic heterocycles. The number of nitrogens with zero attached hydrogens (tertiary/aromatic N) is 2. The number of benzene rings is 1. The number of aromatic nitrogens is 3. The predicted molar refractivity (Wildman–Crippen MR) is 84.7 cm³/mol. The van der Waals surface area contributed by atoms with Crippen molar-refractivity contribution in [1.82, 2.24) is 20.1 Å². The van der Waals surface area contributed by atoms with Gasteiger partial charge in [0.25, 0.3) is 0 Å². The highest BCUT2D eigenvalue weighted by atomic mass is 32.1. The lowest BCUT2D eigenvalue weighted by Crippen LogP contribution is -2.30. The molecule has 0 spiro atoms. The van der Waals surface area contributed by atoms with Gasteiger partial charge in [0.05, 0.1) is 18.0 Å². The fourth-order valence-electron chi connectivity index (χ4n) is 2.33. The van der Waals surface area contributed by atoms with Crippen LogP contribution in [-0.2, 0) is 24.6 Å².